The number of benzene rings is 2. The van der Waals surface area contributed by atoms with Crippen LogP contribution in [0.1, 0.15) is 36.0 Å². The molecule has 1 N–H and O–H groups in total. The number of nitrogens with zero attached hydrogens (tertiary/aromatic N) is 3. The average molecular weight is 489 g/mol. The van der Waals surface area contributed by atoms with Gasteiger partial charge in [0.2, 0.25) is 10.0 Å². The molecule has 1 amide bonds. The van der Waals surface area contributed by atoms with Crippen LogP contribution in [0.25, 0.3) is 0 Å². The molecule has 1 fully saturated rings. The summed E-state index contributed by atoms with van der Waals surface area (Å²) < 4.78 is 43.5. The summed E-state index contributed by atoms with van der Waals surface area (Å²) in [4.78, 5) is 17.9. The van der Waals surface area contributed by atoms with E-state index in [9.17, 15) is 17.6 Å². The first kappa shape index (κ1) is 23.5. The van der Waals surface area contributed by atoms with E-state index in [0.717, 1.165) is 25.7 Å². The smallest absolute Gasteiger partial charge is 0.255 e. The highest BCUT2D eigenvalue weighted by Crippen LogP contribution is 2.33. The Morgan fingerprint density at radius 1 is 1.09 bits per heavy atom. The van der Waals surface area contributed by atoms with Gasteiger partial charge < -0.3 is 9.88 Å². The van der Waals surface area contributed by atoms with E-state index in [0.29, 0.717) is 23.1 Å². The van der Waals surface area contributed by atoms with Gasteiger partial charge in [-0.2, -0.15) is 4.31 Å². The van der Waals surface area contributed by atoms with Crippen molar-refractivity contribution in [2.75, 3.05) is 18.4 Å². The first-order valence-electron chi connectivity index (χ1n) is 10.7. The number of aromatic nitrogens is 2. The first-order chi connectivity index (χ1) is 15.8. The zero-order chi connectivity index (χ0) is 23.4. The second-order valence-corrected chi connectivity index (χ2v) is 10.8. The molecule has 3 aromatic rings. The molecule has 2 aromatic carbocycles. The molecule has 7 nitrogen and oxygen atoms in total. The van der Waals surface area contributed by atoms with Gasteiger partial charge in [0.05, 0.1) is 10.6 Å². The predicted molar refractivity (Wildman–Crippen MR) is 125 cm³/mol. The van der Waals surface area contributed by atoms with Gasteiger partial charge >= 0.3 is 0 Å². The fourth-order valence-corrected chi connectivity index (χ4v) is 6.10. The molecule has 1 saturated heterocycles. The van der Waals surface area contributed by atoms with Crippen molar-refractivity contribution in [2.45, 2.75) is 40.6 Å². The summed E-state index contributed by atoms with van der Waals surface area (Å²) >= 11 is 1.29. The van der Waals surface area contributed by atoms with Gasteiger partial charge in [-0.25, -0.2) is 17.8 Å². The Morgan fingerprint density at radius 2 is 1.85 bits per heavy atom. The van der Waals surface area contributed by atoms with Gasteiger partial charge in [0.1, 0.15) is 5.82 Å². The van der Waals surface area contributed by atoms with Crippen LogP contribution in [0, 0.1) is 5.82 Å². The molecular weight excluding hydrogens is 463 g/mol. The van der Waals surface area contributed by atoms with Gasteiger partial charge in [0.15, 0.2) is 5.16 Å². The van der Waals surface area contributed by atoms with Gasteiger partial charge in [-0.05, 0) is 61.0 Å². The van der Waals surface area contributed by atoms with Crippen LogP contribution in [-0.4, -0.2) is 41.3 Å². The molecule has 2 heterocycles. The molecular formula is C23H25FN4O3S2. The van der Waals surface area contributed by atoms with Crippen molar-refractivity contribution in [2.24, 2.45) is 7.05 Å². The van der Waals surface area contributed by atoms with E-state index in [1.807, 2.05) is 11.6 Å². The number of anilines is 1. The van der Waals surface area contributed by atoms with Crippen molar-refractivity contribution in [3.05, 3.63) is 66.2 Å². The second kappa shape index (κ2) is 10.1. The van der Waals surface area contributed by atoms with E-state index >= 15 is 0 Å². The summed E-state index contributed by atoms with van der Waals surface area (Å²) in [7, 11) is -1.85. The van der Waals surface area contributed by atoms with Gasteiger partial charge in [-0.1, -0.05) is 18.9 Å². The molecule has 10 heteroatoms. The molecule has 33 heavy (non-hydrogen) atoms. The Kier molecular flexibility index (Phi) is 7.16. The highest BCUT2D eigenvalue weighted by Gasteiger charge is 2.26. The zero-order valence-corrected chi connectivity index (χ0v) is 19.8. The summed E-state index contributed by atoms with van der Waals surface area (Å²) in [5, 5.41) is 3.41. The molecule has 1 aliphatic rings. The summed E-state index contributed by atoms with van der Waals surface area (Å²) in [6.45, 7) is 0.964. The van der Waals surface area contributed by atoms with Gasteiger partial charge in [0.25, 0.3) is 5.91 Å². The van der Waals surface area contributed by atoms with E-state index in [1.165, 1.54) is 40.3 Å². The number of amides is 1. The van der Waals surface area contributed by atoms with Crippen molar-refractivity contribution < 1.29 is 17.6 Å². The fraction of sp³-hybridized carbons (Fsp3) is 0.304. The number of nitrogens with one attached hydrogen (secondary N) is 1. The van der Waals surface area contributed by atoms with Crippen molar-refractivity contribution in [1.29, 1.82) is 0 Å². The SMILES string of the molecule is Cn1ccnc1Sc1ccc(F)cc1NC(=O)c1cccc(S(=O)(=O)N2CCCCCC2)c1. The lowest BCUT2D eigenvalue weighted by Gasteiger charge is -2.20. The fourth-order valence-electron chi connectivity index (χ4n) is 3.66. The third-order valence-corrected chi connectivity index (χ3v) is 8.51. The van der Waals surface area contributed by atoms with Crippen molar-refractivity contribution in [3.8, 4) is 0 Å². The lowest BCUT2D eigenvalue weighted by Crippen LogP contribution is -2.32. The number of halogens is 1. The molecule has 0 saturated carbocycles. The molecule has 1 aromatic heterocycles. The molecule has 0 aliphatic carbocycles. The van der Waals surface area contributed by atoms with Crippen LogP contribution in [-0.2, 0) is 17.1 Å². The van der Waals surface area contributed by atoms with Crippen molar-refractivity contribution >= 4 is 33.4 Å². The number of hydrogen-bond donors (Lipinski definition) is 1. The zero-order valence-electron chi connectivity index (χ0n) is 18.2. The van der Waals surface area contributed by atoms with Crippen molar-refractivity contribution in [3.63, 3.8) is 0 Å². The monoisotopic (exact) mass is 488 g/mol. The molecule has 1 aliphatic heterocycles. The minimum Gasteiger partial charge on any atom is -0.329 e. The molecule has 0 bridgehead atoms. The minimum absolute atomic E-state index is 0.0823. The number of aryl methyl sites for hydroxylation is 1. The van der Waals surface area contributed by atoms with Gasteiger partial charge in [0, 0.05) is 43.0 Å². The quantitative estimate of drug-likeness (QED) is 0.551. The van der Waals surface area contributed by atoms with Crippen LogP contribution in [0.2, 0.25) is 0 Å². The lowest BCUT2D eigenvalue weighted by molar-refractivity contribution is 0.102. The van der Waals surface area contributed by atoms with Crippen molar-refractivity contribution in [1.82, 2.24) is 13.9 Å². The number of carbonyl (C=O) groups is 1. The predicted octanol–water partition coefficient (Wildman–Crippen LogP) is 4.53. The Morgan fingerprint density at radius 3 is 2.55 bits per heavy atom. The second-order valence-electron chi connectivity index (χ2n) is 7.86. The molecule has 0 spiro atoms. The summed E-state index contributed by atoms with van der Waals surface area (Å²) in [6.07, 6.45) is 7.13. The number of carbonyl (C=O) groups excluding carboxylic acids is 1. The standard InChI is InChI=1S/C23H25FN4O3S2/c1-27-14-11-25-23(27)32-21-10-9-18(24)16-20(21)26-22(29)17-7-6-8-19(15-17)33(30,31)28-12-4-2-3-5-13-28/h6-11,14-16H,2-5,12-13H2,1H3,(H,26,29). The number of imidazole rings is 1. The van der Waals surface area contributed by atoms with Crippen LogP contribution in [0.3, 0.4) is 0 Å². The normalized spacial score (nSPS) is 15.2. The Hall–Kier alpha value is -2.69. The Bertz CT molecular complexity index is 1250. The van der Waals surface area contributed by atoms with Gasteiger partial charge in [-0.3, -0.25) is 4.79 Å². The Labute approximate surface area is 197 Å². The third kappa shape index (κ3) is 5.45. The van der Waals surface area contributed by atoms with Crippen LogP contribution >= 0.6 is 11.8 Å². The number of rotatable bonds is 6. The number of sulfonamides is 1. The maximum absolute atomic E-state index is 14.0. The topological polar surface area (TPSA) is 84.3 Å². The van der Waals surface area contributed by atoms with Crippen LogP contribution in [0.15, 0.2) is 69.8 Å². The van der Waals surface area contributed by atoms with E-state index in [-0.39, 0.29) is 16.1 Å². The van der Waals surface area contributed by atoms with E-state index in [4.69, 9.17) is 0 Å². The Balaban J connectivity index is 1.57. The van der Waals surface area contributed by atoms with Crippen LogP contribution in [0.5, 0.6) is 0 Å². The molecule has 4 rings (SSSR count). The highest BCUT2D eigenvalue weighted by atomic mass is 32.2. The van der Waals surface area contributed by atoms with E-state index < -0.39 is 21.7 Å². The summed E-state index contributed by atoms with van der Waals surface area (Å²) in [5.74, 6) is -1.01. The summed E-state index contributed by atoms with van der Waals surface area (Å²) in [6, 6.07) is 10.1. The summed E-state index contributed by atoms with van der Waals surface area (Å²) in [5.41, 5.74) is 0.469. The van der Waals surface area contributed by atoms with E-state index in [1.54, 1.807) is 30.6 Å². The molecule has 174 valence electrons. The lowest BCUT2D eigenvalue weighted by atomic mass is 10.2. The maximum atomic E-state index is 14.0. The molecule has 0 unspecified atom stereocenters. The van der Waals surface area contributed by atoms with Crippen LogP contribution in [0.4, 0.5) is 10.1 Å². The maximum Gasteiger partial charge on any atom is 0.255 e. The first-order valence-corrected chi connectivity index (χ1v) is 13.0. The third-order valence-electron chi connectivity index (χ3n) is 5.47. The average Bonchev–Trinajstić information content (AvgIpc) is 3.02. The van der Waals surface area contributed by atoms with E-state index in [2.05, 4.69) is 10.3 Å². The van der Waals surface area contributed by atoms with Gasteiger partial charge in [-0.15, -0.1) is 0 Å². The van der Waals surface area contributed by atoms with Crippen LogP contribution < -0.4 is 5.32 Å². The largest absolute Gasteiger partial charge is 0.329 e. The highest BCUT2D eigenvalue weighted by molar-refractivity contribution is 7.99. The number of hydrogen-bond acceptors (Lipinski definition) is 5. The minimum atomic E-state index is -3.69. The molecule has 0 radical (unpaired) electrons. The molecule has 0 atom stereocenters.